The summed E-state index contributed by atoms with van der Waals surface area (Å²) in [7, 11) is 0. The van der Waals surface area contributed by atoms with Gasteiger partial charge < -0.3 is 33.9 Å². The average Bonchev–Trinajstić information content (AvgIpc) is 2.86. The van der Waals surface area contributed by atoms with E-state index in [9.17, 15) is 4.89 Å². The van der Waals surface area contributed by atoms with Gasteiger partial charge in [-0.25, -0.2) is 0 Å². The average molecular weight is 634 g/mol. The summed E-state index contributed by atoms with van der Waals surface area (Å²) in [6.07, 6.45) is 28.1. The first-order valence-electron chi connectivity index (χ1n) is 15.8. The standard InChI is InChI=1S/C32H59O2PS2.Zn/c1-3-5-7-9-11-13-15-17-19-21-23-25-30-27-28-31(32(29-30)34-35(33,36)37)26-24-22-20-18-16-14-12-10-8-6-4-2;/h27-29H,3-26H2,1-2H3,(H2,33,36,37);/q;+2/p-2. The van der Waals surface area contributed by atoms with Gasteiger partial charge in [-0.1, -0.05) is 154 Å². The van der Waals surface area contributed by atoms with Crippen LogP contribution >= 0.6 is 6.12 Å². The molecular formula is C32H57O2PS2Zn. The van der Waals surface area contributed by atoms with Gasteiger partial charge in [0.05, 0.1) is 0 Å². The predicted octanol–water partition coefficient (Wildman–Crippen LogP) is 10.9. The van der Waals surface area contributed by atoms with E-state index in [1.54, 1.807) is 0 Å². The molecule has 0 aliphatic heterocycles. The van der Waals surface area contributed by atoms with Crippen LogP contribution in [0.4, 0.5) is 0 Å². The second-order valence-electron chi connectivity index (χ2n) is 11.1. The molecule has 0 amide bonds. The van der Waals surface area contributed by atoms with Crippen molar-refractivity contribution < 1.29 is 28.9 Å². The maximum atomic E-state index is 12.1. The molecule has 2 nitrogen and oxygen atoms in total. The zero-order chi connectivity index (χ0) is 27.0. The van der Waals surface area contributed by atoms with Gasteiger partial charge in [0.25, 0.3) is 0 Å². The fraction of sp³-hybridized carbons (Fsp3) is 0.812. The van der Waals surface area contributed by atoms with Crippen molar-refractivity contribution >= 4 is 30.6 Å². The van der Waals surface area contributed by atoms with E-state index in [1.807, 2.05) is 0 Å². The van der Waals surface area contributed by atoms with E-state index < -0.39 is 6.12 Å². The number of rotatable bonds is 26. The molecule has 0 saturated heterocycles. The van der Waals surface area contributed by atoms with Gasteiger partial charge in [-0.3, -0.25) is 0 Å². The Hall–Kier alpha value is 0.733. The third-order valence-electron chi connectivity index (χ3n) is 7.46. The van der Waals surface area contributed by atoms with Crippen molar-refractivity contribution in [3.05, 3.63) is 29.3 Å². The Morgan fingerprint density at radius 3 is 1.34 bits per heavy atom. The fourth-order valence-electron chi connectivity index (χ4n) is 5.14. The minimum atomic E-state index is -3.39. The molecule has 1 aromatic rings. The number of benzene rings is 1. The molecule has 1 aromatic carbocycles. The van der Waals surface area contributed by atoms with Crippen LogP contribution in [-0.4, -0.2) is 0 Å². The second kappa shape index (κ2) is 26.6. The number of hydrogen-bond donors (Lipinski definition) is 0. The predicted molar refractivity (Wildman–Crippen MR) is 169 cm³/mol. The van der Waals surface area contributed by atoms with E-state index in [0.717, 1.165) is 24.8 Å². The molecular weight excluding hydrogens is 577 g/mol. The molecule has 0 aromatic heterocycles. The van der Waals surface area contributed by atoms with Gasteiger partial charge in [0.1, 0.15) is 0 Å². The molecule has 1 rings (SSSR count). The van der Waals surface area contributed by atoms with Crippen molar-refractivity contribution in [3.8, 4) is 5.75 Å². The molecule has 0 aliphatic rings. The molecule has 0 saturated carbocycles. The van der Waals surface area contributed by atoms with E-state index >= 15 is 0 Å². The van der Waals surface area contributed by atoms with Crippen molar-refractivity contribution in [2.75, 3.05) is 0 Å². The van der Waals surface area contributed by atoms with Crippen LogP contribution in [0.1, 0.15) is 166 Å². The first kappa shape index (κ1) is 38.7. The second-order valence-corrected chi connectivity index (χ2v) is 15.7. The molecule has 0 unspecified atom stereocenters. The zero-order valence-corrected chi connectivity index (χ0v) is 30.5. The molecule has 38 heavy (non-hydrogen) atoms. The largest absolute Gasteiger partial charge is 2.00 e. The quantitative estimate of drug-likeness (QED) is 0.0440. The summed E-state index contributed by atoms with van der Waals surface area (Å²) < 4.78 is 5.62. The minimum absolute atomic E-state index is 0. The topological polar surface area (TPSA) is 32.3 Å². The van der Waals surface area contributed by atoms with Crippen LogP contribution in [0.25, 0.3) is 0 Å². The van der Waals surface area contributed by atoms with Gasteiger partial charge in [-0.05, 0) is 42.9 Å². The maximum Gasteiger partial charge on any atom is 2.00 e. The normalized spacial score (nSPS) is 11.5. The Bertz CT molecular complexity index is 655. The third kappa shape index (κ3) is 23.4. The molecule has 0 fully saturated rings. The van der Waals surface area contributed by atoms with Crippen molar-refractivity contribution in [3.63, 3.8) is 0 Å². The van der Waals surface area contributed by atoms with Crippen LogP contribution in [0.15, 0.2) is 18.2 Å². The fourth-order valence-corrected chi connectivity index (χ4v) is 6.03. The van der Waals surface area contributed by atoms with Gasteiger partial charge in [-0.2, -0.15) is 0 Å². The Morgan fingerprint density at radius 1 is 0.579 bits per heavy atom. The smallest absolute Gasteiger partial charge is 0.682 e. The van der Waals surface area contributed by atoms with E-state index in [4.69, 9.17) is 29.0 Å². The summed E-state index contributed by atoms with van der Waals surface area (Å²) >= 11 is 9.86. The Morgan fingerprint density at radius 2 is 0.947 bits per heavy atom. The molecule has 0 heterocycles. The molecule has 0 bridgehead atoms. The summed E-state index contributed by atoms with van der Waals surface area (Å²) in [6.45, 7) is 4.55. The number of aryl methyl sites for hydroxylation is 2. The Labute approximate surface area is 261 Å². The van der Waals surface area contributed by atoms with Crippen molar-refractivity contribution in [1.29, 1.82) is 0 Å². The molecule has 0 aliphatic carbocycles. The number of unbranched alkanes of at least 4 members (excludes halogenated alkanes) is 20. The summed E-state index contributed by atoms with van der Waals surface area (Å²) in [4.78, 5) is 12.1. The Balaban J connectivity index is 0.0000137. The molecule has 216 valence electrons. The minimum Gasteiger partial charge on any atom is -0.682 e. The molecule has 0 atom stereocenters. The summed E-state index contributed by atoms with van der Waals surface area (Å²) in [5.74, 6) is 0.668. The third-order valence-corrected chi connectivity index (χ3v) is 8.33. The summed E-state index contributed by atoms with van der Waals surface area (Å²) in [5.41, 5.74) is 2.35. The SMILES string of the molecule is CCCCCCCCCCCCCc1ccc(CCCCCCCCCCCCC)c(O[P+]([O-])([S-])[S-])c1.[Zn+2]. The molecule has 0 N–H and O–H groups in total. The van der Waals surface area contributed by atoms with Crippen molar-refractivity contribution in [2.45, 2.75) is 168 Å². The van der Waals surface area contributed by atoms with Gasteiger partial charge in [0.15, 0.2) is 5.75 Å². The van der Waals surface area contributed by atoms with Crippen LogP contribution in [0.5, 0.6) is 5.75 Å². The first-order valence-corrected chi connectivity index (χ1v) is 19.4. The van der Waals surface area contributed by atoms with Crippen molar-refractivity contribution in [2.24, 2.45) is 0 Å². The van der Waals surface area contributed by atoms with Crippen LogP contribution in [0.2, 0.25) is 0 Å². The molecule has 6 heteroatoms. The summed E-state index contributed by atoms with van der Waals surface area (Å²) in [6, 6.07) is 6.42. The van der Waals surface area contributed by atoms with E-state index in [-0.39, 0.29) is 19.5 Å². The summed E-state index contributed by atoms with van der Waals surface area (Å²) in [5, 5.41) is 0. The van der Waals surface area contributed by atoms with Gasteiger partial charge in [0.2, 0.25) is 0 Å². The van der Waals surface area contributed by atoms with Crippen LogP contribution in [0, 0.1) is 0 Å². The van der Waals surface area contributed by atoms with E-state index in [2.05, 4.69) is 32.0 Å². The molecule has 0 spiro atoms. The van der Waals surface area contributed by atoms with E-state index in [1.165, 1.54) is 140 Å². The van der Waals surface area contributed by atoms with Crippen LogP contribution in [0.3, 0.4) is 0 Å². The van der Waals surface area contributed by atoms with Crippen molar-refractivity contribution in [1.82, 2.24) is 0 Å². The monoisotopic (exact) mass is 632 g/mol. The van der Waals surface area contributed by atoms with Crippen LogP contribution < -0.4 is 9.42 Å². The van der Waals surface area contributed by atoms with Gasteiger partial charge in [0, 0.05) is 0 Å². The van der Waals surface area contributed by atoms with E-state index in [0.29, 0.717) is 5.75 Å². The number of hydrogen-bond acceptors (Lipinski definition) is 4. The zero-order valence-electron chi connectivity index (χ0n) is 25.0. The van der Waals surface area contributed by atoms with Gasteiger partial charge >= 0.3 is 19.5 Å². The maximum absolute atomic E-state index is 12.1. The molecule has 0 radical (unpaired) electrons. The van der Waals surface area contributed by atoms with Crippen LogP contribution in [-0.2, 0) is 56.8 Å². The first-order chi connectivity index (χ1) is 18.0. The van der Waals surface area contributed by atoms with Gasteiger partial charge in [-0.15, -0.1) is 6.12 Å². The Kier molecular flexibility index (Phi) is 27.1.